The summed E-state index contributed by atoms with van der Waals surface area (Å²) >= 11 is 1.37. The smallest absolute Gasteiger partial charge is 0.341 e. The van der Waals surface area contributed by atoms with Gasteiger partial charge in [-0.25, -0.2) is 9.18 Å². The number of benzene rings is 1. The molecule has 2 aromatic rings. The fourth-order valence-electron chi connectivity index (χ4n) is 4.23. The lowest BCUT2D eigenvalue weighted by molar-refractivity contribution is -0.126. The number of carbonyl (C=O) groups is 3. The van der Waals surface area contributed by atoms with Crippen molar-refractivity contribution < 1.29 is 23.5 Å². The van der Waals surface area contributed by atoms with E-state index in [1.807, 2.05) is 10.3 Å². The quantitative estimate of drug-likeness (QED) is 0.524. The van der Waals surface area contributed by atoms with E-state index in [2.05, 4.69) is 10.6 Å². The maximum Gasteiger partial charge on any atom is 0.341 e. The Hall–Kier alpha value is -2.78. The highest BCUT2D eigenvalue weighted by Gasteiger charge is 2.33. The van der Waals surface area contributed by atoms with Crippen LogP contribution in [0.3, 0.4) is 0 Å². The Morgan fingerprint density at radius 1 is 1.12 bits per heavy atom. The summed E-state index contributed by atoms with van der Waals surface area (Å²) in [4.78, 5) is 39.7. The van der Waals surface area contributed by atoms with E-state index in [0.717, 1.165) is 24.0 Å². The van der Waals surface area contributed by atoms with Crippen LogP contribution in [-0.4, -0.2) is 48.9 Å². The summed E-state index contributed by atoms with van der Waals surface area (Å²) in [6.45, 7) is 3.93. The van der Waals surface area contributed by atoms with E-state index in [9.17, 15) is 18.8 Å². The van der Waals surface area contributed by atoms with Gasteiger partial charge in [0, 0.05) is 12.5 Å². The summed E-state index contributed by atoms with van der Waals surface area (Å²) in [6, 6.07) is 6.07. The third-order valence-corrected chi connectivity index (χ3v) is 7.19. The van der Waals surface area contributed by atoms with Gasteiger partial charge >= 0.3 is 5.97 Å². The van der Waals surface area contributed by atoms with Gasteiger partial charge in [0.25, 0.3) is 0 Å². The molecule has 2 amide bonds. The first-order valence-corrected chi connectivity index (χ1v) is 12.7. The van der Waals surface area contributed by atoms with Gasteiger partial charge in [-0.2, -0.15) is 0 Å². The number of likely N-dealkylation sites (tertiary alicyclic amines) is 1. The highest BCUT2D eigenvalue weighted by molar-refractivity contribution is 7.15. The predicted molar refractivity (Wildman–Crippen MR) is 128 cm³/mol. The van der Waals surface area contributed by atoms with Crippen LogP contribution in [-0.2, 0) is 20.9 Å². The molecule has 0 bridgehead atoms. The molecule has 4 rings (SSSR count). The zero-order valence-electron chi connectivity index (χ0n) is 19.3. The number of ether oxygens (including phenoxy) is 1. The maximum absolute atomic E-state index is 13.0. The molecule has 9 heteroatoms. The first kappa shape index (κ1) is 24.3. The molecule has 2 heterocycles. The molecule has 0 unspecified atom stereocenters. The minimum absolute atomic E-state index is 0.0151. The molecule has 1 saturated heterocycles. The minimum Gasteiger partial charge on any atom is -0.462 e. The van der Waals surface area contributed by atoms with Crippen LogP contribution in [0.25, 0.3) is 0 Å². The molecule has 2 N–H and O–H groups in total. The SMILES string of the molecule is CCOC(=O)c1c(C2CC2)csc1NC(=O)CN1CCC(C(=O)NCc2ccc(F)cc2)CC1. The Kier molecular flexibility index (Phi) is 7.95. The van der Waals surface area contributed by atoms with E-state index in [0.29, 0.717) is 55.6 Å². The molecule has 1 aliphatic carbocycles. The number of hydrogen-bond donors (Lipinski definition) is 2. The fraction of sp³-hybridized carbons (Fsp3) is 0.480. The molecule has 7 nitrogen and oxygen atoms in total. The molecule has 1 saturated carbocycles. The predicted octanol–water partition coefficient (Wildman–Crippen LogP) is 3.91. The lowest BCUT2D eigenvalue weighted by atomic mass is 9.96. The molecule has 1 aliphatic heterocycles. The van der Waals surface area contributed by atoms with Crippen LogP contribution < -0.4 is 10.6 Å². The first-order chi connectivity index (χ1) is 16.4. The van der Waals surface area contributed by atoms with Crippen molar-refractivity contribution in [1.82, 2.24) is 10.2 Å². The van der Waals surface area contributed by atoms with E-state index in [1.54, 1.807) is 19.1 Å². The van der Waals surface area contributed by atoms with E-state index < -0.39 is 0 Å². The molecule has 0 atom stereocenters. The van der Waals surface area contributed by atoms with Crippen LogP contribution in [0.1, 0.15) is 60.0 Å². The molecular weight excluding hydrogens is 457 g/mol. The first-order valence-electron chi connectivity index (χ1n) is 11.8. The van der Waals surface area contributed by atoms with Crippen LogP contribution in [0, 0.1) is 11.7 Å². The van der Waals surface area contributed by atoms with Crippen molar-refractivity contribution in [2.24, 2.45) is 5.92 Å². The Balaban J connectivity index is 1.24. The minimum atomic E-state index is -0.381. The Morgan fingerprint density at radius 3 is 2.47 bits per heavy atom. The molecule has 0 spiro atoms. The van der Waals surface area contributed by atoms with Gasteiger partial charge in [0.1, 0.15) is 10.8 Å². The molecule has 0 radical (unpaired) electrons. The number of rotatable bonds is 9. The van der Waals surface area contributed by atoms with Gasteiger partial charge in [0.2, 0.25) is 11.8 Å². The average Bonchev–Trinajstić information content (AvgIpc) is 3.59. The maximum atomic E-state index is 13.0. The summed E-state index contributed by atoms with van der Waals surface area (Å²) in [5.74, 6) is -0.588. The number of hydrogen-bond acceptors (Lipinski definition) is 6. The third kappa shape index (κ3) is 6.21. The van der Waals surface area contributed by atoms with Gasteiger partial charge in [0.05, 0.1) is 18.7 Å². The van der Waals surface area contributed by atoms with Crippen molar-refractivity contribution >= 4 is 34.1 Å². The average molecular weight is 488 g/mol. The van der Waals surface area contributed by atoms with Gasteiger partial charge in [-0.05, 0) is 80.3 Å². The van der Waals surface area contributed by atoms with Crippen molar-refractivity contribution in [3.8, 4) is 0 Å². The van der Waals surface area contributed by atoms with Gasteiger partial charge in [0.15, 0.2) is 0 Å². The monoisotopic (exact) mass is 487 g/mol. The summed E-state index contributed by atoms with van der Waals surface area (Å²) in [5.41, 5.74) is 2.33. The van der Waals surface area contributed by atoms with Crippen molar-refractivity contribution in [2.75, 3.05) is 31.6 Å². The number of piperidine rings is 1. The fourth-order valence-corrected chi connectivity index (χ4v) is 5.28. The zero-order valence-corrected chi connectivity index (χ0v) is 20.1. The zero-order chi connectivity index (χ0) is 24.1. The molecular formula is C25H30FN3O4S. The number of halogens is 1. The van der Waals surface area contributed by atoms with Gasteiger partial charge < -0.3 is 15.4 Å². The van der Waals surface area contributed by atoms with E-state index in [-0.39, 0.29) is 36.1 Å². The highest BCUT2D eigenvalue weighted by Crippen LogP contribution is 2.46. The lowest BCUT2D eigenvalue weighted by Crippen LogP contribution is -2.43. The third-order valence-electron chi connectivity index (χ3n) is 6.27. The topological polar surface area (TPSA) is 87.7 Å². The van der Waals surface area contributed by atoms with E-state index in [4.69, 9.17) is 4.74 Å². The Bertz CT molecular complexity index is 1030. The number of thiophene rings is 1. The molecule has 34 heavy (non-hydrogen) atoms. The van der Waals surface area contributed by atoms with Crippen molar-refractivity contribution in [3.63, 3.8) is 0 Å². The summed E-state index contributed by atoms with van der Waals surface area (Å²) in [5, 5.41) is 8.34. The van der Waals surface area contributed by atoms with E-state index in [1.165, 1.54) is 23.5 Å². The van der Waals surface area contributed by atoms with Crippen molar-refractivity contribution in [2.45, 2.75) is 45.1 Å². The molecule has 182 valence electrons. The summed E-state index contributed by atoms with van der Waals surface area (Å²) in [7, 11) is 0. The van der Waals surface area contributed by atoms with E-state index >= 15 is 0 Å². The second-order valence-corrected chi connectivity index (χ2v) is 9.71. The summed E-state index contributed by atoms with van der Waals surface area (Å²) < 4.78 is 18.2. The number of esters is 1. The Labute approximate surface area is 202 Å². The number of amides is 2. The van der Waals surface area contributed by atoms with Crippen LogP contribution in [0.4, 0.5) is 9.39 Å². The van der Waals surface area contributed by atoms with Crippen LogP contribution in [0.5, 0.6) is 0 Å². The van der Waals surface area contributed by atoms with Crippen LogP contribution >= 0.6 is 11.3 Å². The number of nitrogens with zero attached hydrogens (tertiary/aromatic N) is 1. The molecule has 2 aliphatic rings. The number of carbonyl (C=O) groups excluding carboxylic acids is 3. The molecule has 1 aromatic carbocycles. The van der Waals surface area contributed by atoms with Crippen molar-refractivity contribution in [1.29, 1.82) is 0 Å². The Morgan fingerprint density at radius 2 is 1.82 bits per heavy atom. The number of anilines is 1. The normalized spacial score (nSPS) is 16.8. The van der Waals surface area contributed by atoms with Crippen LogP contribution in [0.2, 0.25) is 0 Å². The van der Waals surface area contributed by atoms with Gasteiger partial charge in [-0.1, -0.05) is 12.1 Å². The van der Waals surface area contributed by atoms with Gasteiger partial charge in [-0.15, -0.1) is 11.3 Å². The number of nitrogens with one attached hydrogen (secondary N) is 2. The lowest BCUT2D eigenvalue weighted by Gasteiger charge is -2.30. The highest BCUT2D eigenvalue weighted by atomic mass is 32.1. The van der Waals surface area contributed by atoms with Crippen molar-refractivity contribution in [3.05, 3.63) is 52.2 Å². The second kappa shape index (κ2) is 11.1. The largest absolute Gasteiger partial charge is 0.462 e. The van der Waals surface area contributed by atoms with Crippen LogP contribution in [0.15, 0.2) is 29.6 Å². The standard InChI is InChI=1S/C25H30FN3O4S/c1-2-33-25(32)22-20(17-5-6-17)15-34-24(22)28-21(30)14-29-11-9-18(10-12-29)23(31)27-13-16-3-7-19(26)8-4-16/h3-4,7-8,15,17-18H,2,5-6,9-14H2,1H3,(H,27,31)(H,28,30). The van der Waals surface area contributed by atoms with Gasteiger partial charge in [-0.3, -0.25) is 14.5 Å². The second-order valence-electron chi connectivity index (χ2n) is 8.83. The summed E-state index contributed by atoms with van der Waals surface area (Å²) in [6.07, 6.45) is 3.45. The molecule has 2 fully saturated rings. The molecule has 1 aromatic heterocycles.